The molecular weight excluding hydrogens is 184 g/mol. The van der Waals surface area contributed by atoms with E-state index in [1.54, 1.807) is 0 Å². The van der Waals surface area contributed by atoms with Crippen LogP contribution in [0.2, 0.25) is 0 Å². The molecular formula is C9H8N2O3. The quantitative estimate of drug-likeness (QED) is 0.583. The predicted octanol–water partition coefficient (Wildman–Crippen LogP) is 1.76. The highest BCUT2D eigenvalue weighted by Crippen LogP contribution is 2.22. The first-order valence-corrected chi connectivity index (χ1v) is 3.98. The molecule has 0 saturated carbocycles. The van der Waals surface area contributed by atoms with Gasteiger partial charge in [0.1, 0.15) is 5.75 Å². The van der Waals surface area contributed by atoms with Crippen molar-refractivity contribution < 1.29 is 10.0 Å². The van der Waals surface area contributed by atoms with Gasteiger partial charge in [0.15, 0.2) is 0 Å². The first-order valence-electron chi connectivity index (χ1n) is 3.98. The monoisotopic (exact) mass is 192 g/mol. The van der Waals surface area contributed by atoms with Crippen molar-refractivity contribution in [1.82, 2.24) is 0 Å². The molecule has 0 saturated heterocycles. The van der Waals surface area contributed by atoms with Gasteiger partial charge in [0.05, 0.1) is 17.1 Å². The number of non-ortho nitro benzene ring substituents is 1. The van der Waals surface area contributed by atoms with Gasteiger partial charge in [-0.3, -0.25) is 10.1 Å². The summed E-state index contributed by atoms with van der Waals surface area (Å²) in [6.07, 6.45) is 0.687. The number of hydrogen-bond acceptors (Lipinski definition) is 4. The van der Waals surface area contributed by atoms with Gasteiger partial charge in [0, 0.05) is 12.5 Å². The van der Waals surface area contributed by atoms with Gasteiger partial charge in [-0.15, -0.1) is 0 Å². The zero-order chi connectivity index (χ0) is 10.6. The molecule has 5 nitrogen and oxygen atoms in total. The molecule has 0 atom stereocenters. The summed E-state index contributed by atoms with van der Waals surface area (Å²) in [4.78, 5) is 9.83. The second-order valence-corrected chi connectivity index (χ2v) is 2.77. The van der Waals surface area contributed by atoms with Gasteiger partial charge in [-0.1, -0.05) is 0 Å². The lowest BCUT2D eigenvalue weighted by Gasteiger charge is -1.99. The largest absolute Gasteiger partial charge is 0.508 e. The summed E-state index contributed by atoms with van der Waals surface area (Å²) in [5.41, 5.74) is 0.441. The summed E-state index contributed by atoms with van der Waals surface area (Å²) in [5.74, 6) is -0.146. The lowest BCUT2D eigenvalue weighted by atomic mass is 10.1. The van der Waals surface area contributed by atoms with E-state index in [0.717, 1.165) is 6.07 Å². The minimum atomic E-state index is -0.574. The van der Waals surface area contributed by atoms with Crippen LogP contribution in [0.15, 0.2) is 18.2 Å². The average molecular weight is 192 g/mol. The Morgan fingerprint density at radius 3 is 2.79 bits per heavy atom. The Hall–Kier alpha value is -2.09. The highest BCUT2D eigenvalue weighted by molar-refractivity contribution is 5.42. The lowest BCUT2D eigenvalue weighted by Crippen LogP contribution is -1.90. The molecule has 1 N–H and O–H groups in total. The molecule has 0 spiro atoms. The number of nitro benzene ring substituents is 1. The third-order valence-corrected chi connectivity index (χ3v) is 1.70. The lowest BCUT2D eigenvalue weighted by molar-refractivity contribution is -0.385. The van der Waals surface area contributed by atoms with E-state index in [-0.39, 0.29) is 17.9 Å². The molecule has 1 rings (SSSR count). The van der Waals surface area contributed by atoms with Crippen LogP contribution >= 0.6 is 0 Å². The summed E-state index contributed by atoms with van der Waals surface area (Å²) in [6, 6.07) is 5.79. The van der Waals surface area contributed by atoms with Crippen molar-refractivity contribution >= 4 is 5.69 Å². The van der Waals surface area contributed by atoms with Crippen molar-refractivity contribution in [3.63, 3.8) is 0 Å². The minimum absolute atomic E-state index is 0.146. The van der Waals surface area contributed by atoms with Gasteiger partial charge in [0.2, 0.25) is 0 Å². The van der Waals surface area contributed by atoms with E-state index in [1.807, 2.05) is 6.07 Å². The highest BCUT2D eigenvalue weighted by Gasteiger charge is 2.08. The summed E-state index contributed by atoms with van der Waals surface area (Å²) in [7, 11) is 0. The molecule has 0 aliphatic carbocycles. The van der Waals surface area contributed by atoms with Crippen LogP contribution in [0.1, 0.15) is 12.0 Å². The fraction of sp³-hybridized carbons (Fsp3) is 0.222. The van der Waals surface area contributed by atoms with Crippen molar-refractivity contribution in [3.8, 4) is 11.8 Å². The Balaban J connectivity index is 2.96. The summed E-state index contributed by atoms with van der Waals surface area (Å²) in [5, 5.41) is 27.9. The molecule has 0 unspecified atom stereocenters. The van der Waals surface area contributed by atoms with Crippen molar-refractivity contribution in [2.24, 2.45) is 0 Å². The first-order chi connectivity index (χ1) is 6.63. The van der Waals surface area contributed by atoms with E-state index in [9.17, 15) is 10.1 Å². The maximum atomic E-state index is 10.4. The van der Waals surface area contributed by atoms with Gasteiger partial charge in [-0.05, 0) is 18.1 Å². The Morgan fingerprint density at radius 2 is 2.21 bits per heavy atom. The smallest absolute Gasteiger partial charge is 0.273 e. The van der Waals surface area contributed by atoms with Gasteiger partial charge in [-0.2, -0.15) is 5.26 Å². The number of nitrogens with zero attached hydrogens (tertiary/aromatic N) is 2. The van der Waals surface area contributed by atoms with Gasteiger partial charge >= 0.3 is 0 Å². The minimum Gasteiger partial charge on any atom is -0.508 e. The maximum absolute atomic E-state index is 10.4. The number of nitriles is 1. The zero-order valence-corrected chi connectivity index (χ0v) is 7.30. The number of phenols is 1. The summed E-state index contributed by atoms with van der Waals surface area (Å²) >= 11 is 0. The van der Waals surface area contributed by atoms with E-state index >= 15 is 0 Å². The Labute approximate surface area is 80.4 Å². The van der Waals surface area contributed by atoms with E-state index in [0.29, 0.717) is 12.0 Å². The third-order valence-electron chi connectivity index (χ3n) is 1.70. The molecule has 72 valence electrons. The molecule has 0 amide bonds. The maximum Gasteiger partial charge on any atom is 0.273 e. The van der Waals surface area contributed by atoms with Crippen LogP contribution in [0.5, 0.6) is 5.75 Å². The molecule has 0 fully saturated rings. The van der Waals surface area contributed by atoms with Crippen LogP contribution in [0, 0.1) is 21.4 Å². The fourth-order valence-electron chi connectivity index (χ4n) is 1.11. The van der Waals surface area contributed by atoms with Crippen molar-refractivity contribution in [2.45, 2.75) is 12.8 Å². The van der Waals surface area contributed by atoms with E-state index in [2.05, 4.69) is 0 Å². The Bertz CT molecular complexity index is 396. The second-order valence-electron chi connectivity index (χ2n) is 2.77. The Morgan fingerprint density at radius 1 is 1.50 bits per heavy atom. The standard InChI is InChI=1S/C9H8N2O3/c10-3-1-2-7-4-8(11(13)14)6-9(12)5-7/h4-6,12H,1-2H2. The fourth-order valence-corrected chi connectivity index (χ4v) is 1.11. The van der Waals surface area contributed by atoms with E-state index in [1.165, 1.54) is 12.1 Å². The topological polar surface area (TPSA) is 87.2 Å². The molecule has 0 aliphatic rings. The van der Waals surface area contributed by atoms with Gasteiger partial charge < -0.3 is 5.11 Å². The van der Waals surface area contributed by atoms with Crippen molar-refractivity contribution in [3.05, 3.63) is 33.9 Å². The van der Waals surface area contributed by atoms with Crippen LogP contribution in [0.3, 0.4) is 0 Å². The molecule has 1 aromatic rings. The molecule has 1 aromatic carbocycles. The number of benzene rings is 1. The van der Waals surface area contributed by atoms with Crippen LogP contribution in [0.25, 0.3) is 0 Å². The molecule has 0 radical (unpaired) electrons. The number of nitro groups is 1. The highest BCUT2D eigenvalue weighted by atomic mass is 16.6. The number of aryl methyl sites for hydroxylation is 1. The van der Waals surface area contributed by atoms with Gasteiger partial charge in [-0.25, -0.2) is 0 Å². The van der Waals surface area contributed by atoms with Crippen molar-refractivity contribution in [1.29, 1.82) is 5.26 Å². The first kappa shape index (κ1) is 9.99. The average Bonchev–Trinajstić information content (AvgIpc) is 2.14. The number of aromatic hydroxyl groups is 1. The number of phenolic OH excluding ortho intramolecular Hbond substituents is 1. The zero-order valence-electron chi connectivity index (χ0n) is 7.30. The number of hydrogen-bond donors (Lipinski definition) is 1. The normalized spacial score (nSPS) is 9.36. The van der Waals surface area contributed by atoms with Crippen molar-refractivity contribution in [2.75, 3.05) is 0 Å². The summed E-state index contributed by atoms with van der Waals surface area (Å²) < 4.78 is 0. The molecule has 0 bridgehead atoms. The molecule has 5 heteroatoms. The number of rotatable bonds is 3. The second kappa shape index (κ2) is 4.23. The van der Waals surface area contributed by atoms with Crippen LogP contribution in [0.4, 0.5) is 5.69 Å². The molecule has 0 heterocycles. The van der Waals surface area contributed by atoms with Crippen LogP contribution < -0.4 is 0 Å². The SMILES string of the molecule is N#CCCc1cc(O)cc([N+](=O)[O-])c1. The summed E-state index contributed by atoms with van der Waals surface area (Å²) in [6.45, 7) is 0. The molecule has 0 aromatic heterocycles. The predicted molar refractivity (Wildman–Crippen MR) is 48.7 cm³/mol. The van der Waals surface area contributed by atoms with Gasteiger partial charge in [0.25, 0.3) is 5.69 Å². The van der Waals surface area contributed by atoms with Crippen LogP contribution in [-0.2, 0) is 6.42 Å². The van der Waals surface area contributed by atoms with Crippen LogP contribution in [-0.4, -0.2) is 10.0 Å². The molecule has 0 aliphatic heterocycles. The molecule has 14 heavy (non-hydrogen) atoms. The van der Waals surface area contributed by atoms with E-state index in [4.69, 9.17) is 10.4 Å². The Kier molecular flexibility index (Phi) is 3.02. The third kappa shape index (κ3) is 2.45. The van der Waals surface area contributed by atoms with E-state index < -0.39 is 4.92 Å².